The van der Waals surface area contributed by atoms with Gasteiger partial charge in [-0.3, -0.25) is 14.2 Å². The highest BCUT2D eigenvalue weighted by Gasteiger charge is 2.40. The van der Waals surface area contributed by atoms with E-state index in [2.05, 4.69) is 0 Å². The van der Waals surface area contributed by atoms with Crippen molar-refractivity contribution in [1.82, 2.24) is 4.57 Å². The molecule has 0 aliphatic rings. The second-order valence-corrected chi connectivity index (χ2v) is 7.54. The SMILES string of the molecule is CC[C@@](C)(C(=O)O)c1c(C)n(C(=O)c2ccc(Cl)c(F)c2)c2cc(F)c(O)c(F)c12. The van der Waals surface area contributed by atoms with Gasteiger partial charge >= 0.3 is 5.97 Å². The summed E-state index contributed by atoms with van der Waals surface area (Å²) >= 11 is 5.65. The van der Waals surface area contributed by atoms with Gasteiger partial charge in [0.2, 0.25) is 0 Å². The van der Waals surface area contributed by atoms with Crippen LogP contribution in [0.25, 0.3) is 10.9 Å². The molecule has 158 valence electrons. The van der Waals surface area contributed by atoms with Crippen LogP contribution in [0.4, 0.5) is 13.2 Å². The quantitative estimate of drug-likeness (QED) is 0.588. The van der Waals surface area contributed by atoms with E-state index in [1.54, 1.807) is 6.92 Å². The number of rotatable bonds is 4. The van der Waals surface area contributed by atoms with Gasteiger partial charge in [0.1, 0.15) is 5.82 Å². The van der Waals surface area contributed by atoms with E-state index in [9.17, 15) is 33.0 Å². The molecule has 9 heteroatoms. The minimum absolute atomic E-state index is 0.0175. The third-order valence-corrected chi connectivity index (χ3v) is 5.77. The van der Waals surface area contributed by atoms with Crippen molar-refractivity contribution >= 4 is 34.4 Å². The number of fused-ring (bicyclic) bond motifs is 1. The van der Waals surface area contributed by atoms with Crippen LogP contribution in [0.1, 0.15) is 41.9 Å². The third-order valence-electron chi connectivity index (χ3n) is 5.46. The summed E-state index contributed by atoms with van der Waals surface area (Å²) < 4.78 is 43.9. The summed E-state index contributed by atoms with van der Waals surface area (Å²) in [6, 6.07) is 4.01. The second kappa shape index (κ2) is 7.36. The third kappa shape index (κ3) is 3.02. The van der Waals surface area contributed by atoms with Gasteiger partial charge in [0.25, 0.3) is 5.91 Å². The minimum Gasteiger partial charge on any atom is -0.503 e. The van der Waals surface area contributed by atoms with E-state index in [-0.39, 0.29) is 39.2 Å². The van der Waals surface area contributed by atoms with Crippen LogP contribution in [0.15, 0.2) is 24.3 Å². The highest BCUT2D eigenvalue weighted by molar-refractivity contribution is 6.30. The number of phenols is 1. The monoisotopic (exact) mass is 439 g/mol. The van der Waals surface area contributed by atoms with Crippen molar-refractivity contribution in [1.29, 1.82) is 0 Å². The predicted molar refractivity (Wildman–Crippen MR) is 105 cm³/mol. The van der Waals surface area contributed by atoms with E-state index < -0.39 is 40.5 Å². The first-order chi connectivity index (χ1) is 14.0. The Morgan fingerprint density at radius 1 is 1.17 bits per heavy atom. The lowest BCUT2D eigenvalue weighted by Gasteiger charge is -2.24. The molecule has 1 aromatic heterocycles. The molecule has 0 aliphatic heterocycles. The van der Waals surface area contributed by atoms with Crippen molar-refractivity contribution < 1.29 is 33.0 Å². The summed E-state index contributed by atoms with van der Waals surface area (Å²) in [5, 5.41) is 19.0. The Hall–Kier alpha value is -3.00. The van der Waals surface area contributed by atoms with Crippen LogP contribution >= 0.6 is 11.6 Å². The number of carbonyl (C=O) groups is 2. The van der Waals surface area contributed by atoms with E-state index in [0.29, 0.717) is 0 Å². The van der Waals surface area contributed by atoms with Crippen LogP contribution in [0.5, 0.6) is 5.75 Å². The van der Waals surface area contributed by atoms with Gasteiger partial charge in [0.15, 0.2) is 17.4 Å². The van der Waals surface area contributed by atoms with Gasteiger partial charge in [-0.1, -0.05) is 18.5 Å². The number of carboxylic acids is 1. The first kappa shape index (κ1) is 21.7. The zero-order chi connectivity index (χ0) is 22.5. The van der Waals surface area contributed by atoms with Crippen molar-refractivity contribution in [3.8, 4) is 5.75 Å². The molecule has 2 aromatic carbocycles. The Balaban J connectivity index is 2.46. The second-order valence-electron chi connectivity index (χ2n) is 7.14. The number of benzene rings is 2. The largest absolute Gasteiger partial charge is 0.503 e. The summed E-state index contributed by atoms with van der Waals surface area (Å²) in [6.07, 6.45) is 0.0175. The number of aromatic nitrogens is 1. The van der Waals surface area contributed by atoms with Gasteiger partial charge in [0, 0.05) is 28.3 Å². The van der Waals surface area contributed by atoms with E-state index in [4.69, 9.17) is 11.6 Å². The first-order valence-electron chi connectivity index (χ1n) is 8.91. The van der Waals surface area contributed by atoms with Gasteiger partial charge in [-0.05, 0) is 38.5 Å². The van der Waals surface area contributed by atoms with Gasteiger partial charge in [0.05, 0.1) is 16.0 Å². The number of aliphatic carboxylic acids is 1. The molecule has 1 heterocycles. The number of carbonyl (C=O) groups excluding carboxylic acids is 1. The molecule has 0 amide bonds. The molecule has 3 aromatic rings. The fraction of sp³-hybridized carbons (Fsp3) is 0.238. The Morgan fingerprint density at radius 3 is 2.33 bits per heavy atom. The zero-order valence-electron chi connectivity index (χ0n) is 16.2. The molecule has 0 saturated carbocycles. The standard InChI is InChI=1S/C21H17ClF3NO4/c1-4-21(3,20(29)30)16-9(2)26(14-8-13(24)18(27)17(25)15(14)16)19(28)10-5-6-11(22)12(23)7-10/h5-8,27H,4H2,1-3H3,(H,29,30)/t21-/m1/s1. The van der Waals surface area contributed by atoms with Crippen molar-refractivity contribution in [3.63, 3.8) is 0 Å². The molecule has 0 saturated heterocycles. The van der Waals surface area contributed by atoms with E-state index in [0.717, 1.165) is 22.8 Å². The molecule has 3 rings (SSSR count). The lowest BCUT2D eigenvalue weighted by Crippen LogP contribution is -2.32. The summed E-state index contributed by atoms with van der Waals surface area (Å²) in [7, 11) is 0. The van der Waals surface area contributed by atoms with Crippen LogP contribution in [0.2, 0.25) is 5.02 Å². The maximum Gasteiger partial charge on any atom is 0.313 e. The predicted octanol–water partition coefficient (Wildman–Crippen LogP) is 5.17. The molecule has 5 nitrogen and oxygen atoms in total. The van der Waals surface area contributed by atoms with E-state index >= 15 is 0 Å². The number of phenolic OH excluding ortho intramolecular Hbond substituents is 1. The smallest absolute Gasteiger partial charge is 0.313 e. The van der Waals surface area contributed by atoms with Crippen LogP contribution < -0.4 is 0 Å². The van der Waals surface area contributed by atoms with Crippen LogP contribution in [-0.4, -0.2) is 26.7 Å². The maximum atomic E-state index is 14.9. The molecule has 0 aliphatic carbocycles. The van der Waals surface area contributed by atoms with E-state index in [1.807, 2.05) is 0 Å². The minimum atomic E-state index is -1.65. The molecule has 0 radical (unpaired) electrons. The summed E-state index contributed by atoms with van der Waals surface area (Å²) in [6.45, 7) is 4.28. The number of hydrogen-bond acceptors (Lipinski definition) is 3. The van der Waals surface area contributed by atoms with Crippen LogP contribution in [-0.2, 0) is 10.2 Å². The molecular formula is C21H17ClF3NO4. The van der Waals surface area contributed by atoms with Crippen molar-refractivity contribution in [2.24, 2.45) is 0 Å². The van der Waals surface area contributed by atoms with Crippen molar-refractivity contribution in [2.45, 2.75) is 32.6 Å². The van der Waals surface area contributed by atoms with Gasteiger partial charge in [-0.15, -0.1) is 0 Å². The van der Waals surface area contributed by atoms with Gasteiger partial charge < -0.3 is 10.2 Å². The fourth-order valence-corrected chi connectivity index (χ4v) is 3.73. The van der Waals surface area contributed by atoms with Gasteiger partial charge in [-0.25, -0.2) is 13.2 Å². The Morgan fingerprint density at radius 2 is 1.80 bits per heavy atom. The van der Waals surface area contributed by atoms with Crippen molar-refractivity contribution in [2.75, 3.05) is 0 Å². The van der Waals surface area contributed by atoms with Crippen LogP contribution in [0.3, 0.4) is 0 Å². The molecular weight excluding hydrogens is 423 g/mol. The summed E-state index contributed by atoms with van der Waals surface area (Å²) in [5.41, 5.74) is -2.14. The maximum absolute atomic E-state index is 14.9. The number of carboxylic acid groups (broad SMARTS) is 1. The lowest BCUT2D eigenvalue weighted by atomic mass is 9.78. The lowest BCUT2D eigenvalue weighted by molar-refractivity contribution is -0.143. The van der Waals surface area contributed by atoms with E-state index in [1.165, 1.54) is 19.9 Å². The number of hydrogen-bond donors (Lipinski definition) is 2. The fourth-order valence-electron chi connectivity index (χ4n) is 3.61. The first-order valence-corrected chi connectivity index (χ1v) is 9.29. The number of nitrogens with zero attached hydrogens (tertiary/aromatic N) is 1. The molecule has 0 fully saturated rings. The Kier molecular flexibility index (Phi) is 5.32. The van der Waals surface area contributed by atoms with Crippen molar-refractivity contribution in [3.05, 3.63) is 63.6 Å². The highest BCUT2D eigenvalue weighted by Crippen LogP contribution is 2.42. The number of aromatic hydroxyl groups is 1. The molecule has 30 heavy (non-hydrogen) atoms. The number of halogens is 4. The normalized spacial score (nSPS) is 13.4. The summed E-state index contributed by atoms with van der Waals surface area (Å²) in [5.74, 6) is -6.98. The Bertz CT molecular complexity index is 1220. The van der Waals surface area contributed by atoms with Gasteiger partial charge in [-0.2, -0.15) is 0 Å². The molecule has 2 N–H and O–H groups in total. The average Bonchev–Trinajstić information content (AvgIpc) is 2.99. The molecule has 1 atom stereocenters. The summed E-state index contributed by atoms with van der Waals surface area (Å²) in [4.78, 5) is 25.2. The highest BCUT2D eigenvalue weighted by atomic mass is 35.5. The topological polar surface area (TPSA) is 79.5 Å². The Labute approximate surface area is 174 Å². The molecule has 0 unspecified atom stereocenters. The average molecular weight is 440 g/mol. The molecule has 0 spiro atoms. The molecule has 0 bridgehead atoms. The zero-order valence-corrected chi connectivity index (χ0v) is 16.9. The van der Waals surface area contributed by atoms with Crippen LogP contribution in [0, 0.1) is 24.4 Å².